The van der Waals surface area contributed by atoms with Crippen molar-refractivity contribution >= 4 is 5.82 Å². The maximum Gasteiger partial charge on any atom is 0.131 e. The number of anilines is 1. The summed E-state index contributed by atoms with van der Waals surface area (Å²) in [5, 5.41) is 3.39. The highest BCUT2D eigenvalue weighted by Crippen LogP contribution is 2.32. The fraction of sp³-hybridized carbons (Fsp3) is 0.412. The second kappa shape index (κ2) is 6.04. The summed E-state index contributed by atoms with van der Waals surface area (Å²) in [6.45, 7) is 3.12. The molecule has 0 atom stereocenters. The predicted molar refractivity (Wildman–Crippen MR) is 82.7 cm³/mol. The lowest BCUT2D eigenvalue weighted by atomic mass is 10.1. The standard InChI is InChI=1S/C17H21N3/c1-2-10-18-16-12-15(14-6-4-3-5-7-14)19-17(20-16)11-13-8-9-13/h3-7,12-13H,2,8-11H2,1H3,(H,18,19,20). The third-order valence-corrected chi connectivity index (χ3v) is 3.57. The zero-order valence-corrected chi connectivity index (χ0v) is 12.0. The van der Waals surface area contributed by atoms with Crippen LogP contribution in [-0.2, 0) is 6.42 Å². The molecule has 104 valence electrons. The maximum absolute atomic E-state index is 4.74. The van der Waals surface area contributed by atoms with Crippen molar-refractivity contribution in [2.75, 3.05) is 11.9 Å². The molecule has 1 aliphatic carbocycles. The number of aromatic nitrogens is 2. The van der Waals surface area contributed by atoms with Gasteiger partial charge in [-0.1, -0.05) is 37.3 Å². The Morgan fingerprint density at radius 3 is 2.65 bits per heavy atom. The molecular formula is C17H21N3. The molecule has 0 spiro atoms. The van der Waals surface area contributed by atoms with Crippen LogP contribution in [0, 0.1) is 5.92 Å². The molecule has 3 heteroatoms. The summed E-state index contributed by atoms with van der Waals surface area (Å²) in [7, 11) is 0. The Bertz CT molecular complexity index is 562. The molecule has 1 aromatic carbocycles. The molecule has 3 nitrogen and oxygen atoms in total. The van der Waals surface area contributed by atoms with Gasteiger partial charge < -0.3 is 5.32 Å². The van der Waals surface area contributed by atoms with E-state index in [1.165, 1.54) is 12.8 Å². The number of nitrogens with one attached hydrogen (secondary N) is 1. The minimum absolute atomic E-state index is 0.806. The molecule has 2 aromatic rings. The van der Waals surface area contributed by atoms with Crippen LogP contribution in [0.5, 0.6) is 0 Å². The summed E-state index contributed by atoms with van der Waals surface area (Å²) in [5.74, 6) is 2.74. The van der Waals surface area contributed by atoms with Gasteiger partial charge in [-0.2, -0.15) is 0 Å². The number of rotatable bonds is 6. The number of hydrogen-bond acceptors (Lipinski definition) is 3. The van der Waals surface area contributed by atoms with E-state index in [1.807, 2.05) is 6.07 Å². The van der Waals surface area contributed by atoms with Crippen LogP contribution >= 0.6 is 0 Å². The van der Waals surface area contributed by atoms with Crippen molar-refractivity contribution < 1.29 is 0 Å². The van der Waals surface area contributed by atoms with Crippen LogP contribution in [-0.4, -0.2) is 16.5 Å². The van der Waals surface area contributed by atoms with Crippen molar-refractivity contribution in [2.45, 2.75) is 32.6 Å². The van der Waals surface area contributed by atoms with Crippen LogP contribution in [0.3, 0.4) is 0 Å². The normalized spacial score (nSPS) is 14.2. The van der Waals surface area contributed by atoms with Crippen LogP contribution in [0.15, 0.2) is 36.4 Å². The van der Waals surface area contributed by atoms with E-state index in [4.69, 9.17) is 4.98 Å². The average molecular weight is 267 g/mol. The van der Waals surface area contributed by atoms with Crippen molar-refractivity contribution in [3.8, 4) is 11.3 Å². The van der Waals surface area contributed by atoms with Gasteiger partial charge in [-0.05, 0) is 25.2 Å². The van der Waals surface area contributed by atoms with Crippen LogP contribution in [0.25, 0.3) is 11.3 Å². The lowest BCUT2D eigenvalue weighted by Gasteiger charge is -2.09. The summed E-state index contributed by atoms with van der Waals surface area (Å²) >= 11 is 0. The highest BCUT2D eigenvalue weighted by atomic mass is 15.0. The highest BCUT2D eigenvalue weighted by Gasteiger charge is 2.23. The van der Waals surface area contributed by atoms with Gasteiger partial charge in [0.1, 0.15) is 11.6 Å². The summed E-state index contributed by atoms with van der Waals surface area (Å²) in [6.07, 6.45) is 4.78. The zero-order valence-electron chi connectivity index (χ0n) is 12.0. The number of benzene rings is 1. The number of nitrogens with zero attached hydrogens (tertiary/aromatic N) is 2. The molecular weight excluding hydrogens is 246 g/mol. The smallest absolute Gasteiger partial charge is 0.131 e. The third-order valence-electron chi connectivity index (χ3n) is 3.57. The Morgan fingerprint density at radius 1 is 1.15 bits per heavy atom. The van der Waals surface area contributed by atoms with Crippen molar-refractivity contribution in [3.63, 3.8) is 0 Å². The molecule has 0 aliphatic heterocycles. The summed E-state index contributed by atoms with van der Waals surface area (Å²) < 4.78 is 0. The SMILES string of the molecule is CCCNc1cc(-c2ccccc2)nc(CC2CC2)n1. The molecule has 1 fully saturated rings. The van der Waals surface area contributed by atoms with E-state index in [0.717, 1.165) is 48.2 Å². The minimum Gasteiger partial charge on any atom is -0.370 e. The van der Waals surface area contributed by atoms with Crippen LogP contribution in [0.1, 0.15) is 32.0 Å². The molecule has 1 heterocycles. The van der Waals surface area contributed by atoms with Crippen LogP contribution < -0.4 is 5.32 Å². The molecule has 1 saturated carbocycles. The predicted octanol–water partition coefficient (Wildman–Crippen LogP) is 3.92. The molecule has 0 saturated heterocycles. The summed E-state index contributed by atoms with van der Waals surface area (Å²) in [4.78, 5) is 9.40. The van der Waals surface area contributed by atoms with Gasteiger partial charge in [-0.3, -0.25) is 0 Å². The Balaban J connectivity index is 1.90. The first-order valence-corrected chi connectivity index (χ1v) is 7.52. The van der Waals surface area contributed by atoms with Gasteiger partial charge in [0.05, 0.1) is 5.69 Å². The van der Waals surface area contributed by atoms with Gasteiger partial charge in [-0.15, -0.1) is 0 Å². The molecule has 20 heavy (non-hydrogen) atoms. The molecule has 0 unspecified atom stereocenters. The highest BCUT2D eigenvalue weighted by molar-refractivity contribution is 5.62. The van der Waals surface area contributed by atoms with Crippen LogP contribution in [0.2, 0.25) is 0 Å². The summed E-state index contributed by atoms with van der Waals surface area (Å²) in [6, 6.07) is 12.4. The molecule has 0 amide bonds. The van der Waals surface area contributed by atoms with Gasteiger partial charge >= 0.3 is 0 Å². The monoisotopic (exact) mass is 267 g/mol. The van der Waals surface area contributed by atoms with Crippen molar-refractivity contribution in [1.29, 1.82) is 0 Å². The second-order valence-electron chi connectivity index (χ2n) is 5.49. The first-order chi connectivity index (χ1) is 9.85. The Hall–Kier alpha value is -1.90. The molecule has 1 aliphatic rings. The molecule has 0 radical (unpaired) electrons. The van der Waals surface area contributed by atoms with E-state index >= 15 is 0 Å². The Morgan fingerprint density at radius 2 is 1.95 bits per heavy atom. The van der Waals surface area contributed by atoms with E-state index in [9.17, 15) is 0 Å². The van der Waals surface area contributed by atoms with E-state index < -0.39 is 0 Å². The quantitative estimate of drug-likeness (QED) is 0.862. The topological polar surface area (TPSA) is 37.8 Å². The van der Waals surface area contributed by atoms with E-state index in [2.05, 4.69) is 47.6 Å². The van der Waals surface area contributed by atoms with Crippen molar-refractivity contribution in [2.24, 2.45) is 5.92 Å². The first-order valence-electron chi connectivity index (χ1n) is 7.52. The minimum atomic E-state index is 0.806. The fourth-order valence-electron chi connectivity index (χ4n) is 2.27. The van der Waals surface area contributed by atoms with Crippen molar-refractivity contribution in [1.82, 2.24) is 9.97 Å². The van der Waals surface area contributed by atoms with Gasteiger partial charge in [-0.25, -0.2) is 9.97 Å². The second-order valence-corrected chi connectivity index (χ2v) is 5.49. The summed E-state index contributed by atoms with van der Waals surface area (Å²) in [5.41, 5.74) is 2.18. The van der Waals surface area contributed by atoms with Gasteiger partial charge in [0, 0.05) is 24.6 Å². The van der Waals surface area contributed by atoms with Crippen LogP contribution in [0.4, 0.5) is 5.82 Å². The molecule has 1 N–H and O–H groups in total. The first kappa shape index (κ1) is 13.1. The maximum atomic E-state index is 4.74. The lowest BCUT2D eigenvalue weighted by Crippen LogP contribution is -2.06. The number of hydrogen-bond donors (Lipinski definition) is 1. The molecule has 3 rings (SSSR count). The zero-order chi connectivity index (χ0) is 13.8. The molecule has 1 aromatic heterocycles. The van der Waals surface area contributed by atoms with E-state index in [1.54, 1.807) is 0 Å². The van der Waals surface area contributed by atoms with E-state index in [-0.39, 0.29) is 0 Å². The third kappa shape index (κ3) is 3.35. The largest absolute Gasteiger partial charge is 0.370 e. The average Bonchev–Trinajstić information content (AvgIpc) is 3.30. The van der Waals surface area contributed by atoms with Gasteiger partial charge in [0.15, 0.2) is 0 Å². The van der Waals surface area contributed by atoms with Crippen molar-refractivity contribution in [3.05, 3.63) is 42.2 Å². The van der Waals surface area contributed by atoms with Gasteiger partial charge in [0.25, 0.3) is 0 Å². The van der Waals surface area contributed by atoms with E-state index in [0.29, 0.717) is 0 Å². The van der Waals surface area contributed by atoms with Gasteiger partial charge in [0.2, 0.25) is 0 Å². The lowest BCUT2D eigenvalue weighted by molar-refractivity contribution is 0.770. The molecule has 0 bridgehead atoms. The Kier molecular flexibility index (Phi) is 3.95. The Labute approximate surface area is 120 Å². The fourth-order valence-corrected chi connectivity index (χ4v) is 2.27.